The average molecular weight is 541 g/mol. The van der Waals surface area contributed by atoms with Crippen LogP contribution in [-0.2, 0) is 21.2 Å². The average Bonchev–Trinajstić information content (AvgIpc) is 3.23. The molecule has 1 amide bonds. The number of rotatable bonds is 7. The fourth-order valence-electron chi connectivity index (χ4n) is 4.41. The van der Waals surface area contributed by atoms with Crippen molar-refractivity contribution in [2.75, 3.05) is 6.54 Å². The molecule has 38 heavy (non-hydrogen) atoms. The maximum Gasteiger partial charge on any atom is 0.258 e. The van der Waals surface area contributed by atoms with Crippen LogP contribution in [0.1, 0.15) is 16.7 Å². The molecule has 0 aromatic heterocycles. The van der Waals surface area contributed by atoms with Gasteiger partial charge in [-0.05, 0) is 70.7 Å². The number of benzene rings is 4. The normalized spacial score (nSPS) is 14.7. The Kier molecular flexibility index (Phi) is 7.29. The Morgan fingerprint density at radius 2 is 1.37 bits per heavy atom. The summed E-state index contributed by atoms with van der Waals surface area (Å²) in [7, 11) is -3.76. The van der Waals surface area contributed by atoms with E-state index in [0.29, 0.717) is 23.6 Å². The molecule has 2 N–H and O–H groups in total. The first kappa shape index (κ1) is 25.7. The van der Waals surface area contributed by atoms with Crippen LogP contribution in [0.4, 0.5) is 0 Å². The Labute approximate surface area is 227 Å². The number of halogens is 1. The Hall–Kier alpha value is -3.97. The first-order valence-corrected chi connectivity index (χ1v) is 14.0. The van der Waals surface area contributed by atoms with E-state index in [0.717, 1.165) is 33.5 Å². The summed E-state index contributed by atoms with van der Waals surface area (Å²) in [5.74, 6) is -0.0942. The molecule has 190 valence electrons. The van der Waals surface area contributed by atoms with Gasteiger partial charge in [0.15, 0.2) is 0 Å². The third kappa shape index (κ3) is 5.78. The van der Waals surface area contributed by atoms with Crippen molar-refractivity contribution in [3.05, 3.63) is 136 Å². The van der Waals surface area contributed by atoms with E-state index in [9.17, 15) is 13.2 Å². The highest BCUT2D eigenvalue weighted by molar-refractivity contribution is 7.89. The summed E-state index contributed by atoms with van der Waals surface area (Å²) in [6.45, 7) is 0.428. The van der Waals surface area contributed by atoms with E-state index >= 15 is 0 Å². The Balaban J connectivity index is 1.44. The number of nitrogens with two attached hydrogens (primary N) is 1. The van der Waals surface area contributed by atoms with Crippen LogP contribution < -0.4 is 5.14 Å². The first-order valence-electron chi connectivity index (χ1n) is 12.1. The molecule has 5 rings (SSSR count). The maximum atomic E-state index is 13.5. The highest BCUT2D eigenvalue weighted by Crippen LogP contribution is 2.32. The van der Waals surface area contributed by atoms with Crippen LogP contribution in [0.5, 0.6) is 0 Å². The van der Waals surface area contributed by atoms with E-state index in [1.165, 1.54) is 12.1 Å². The molecule has 0 fully saturated rings. The highest BCUT2D eigenvalue weighted by atomic mass is 35.5. The molecule has 0 bridgehead atoms. The van der Waals surface area contributed by atoms with Crippen LogP contribution in [0, 0.1) is 0 Å². The minimum Gasteiger partial charge on any atom is -0.307 e. The molecule has 0 aliphatic carbocycles. The van der Waals surface area contributed by atoms with E-state index in [2.05, 4.69) is 24.3 Å². The van der Waals surface area contributed by atoms with Crippen molar-refractivity contribution in [1.29, 1.82) is 0 Å². The van der Waals surface area contributed by atoms with E-state index in [1.807, 2.05) is 54.6 Å². The van der Waals surface area contributed by atoms with Crippen molar-refractivity contribution < 1.29 is 13.2 Å². The molecule has 1 heterocycles. The molecule has 0 saturated heterocycles. The van der Waals surface area contributed by atoms with Crippen molar-refractivity contribution >= 4 is 39.3 Å². The molecule has 5 nitrogen and oxygen atoms in total. The monoisotopic (exact) mass is 540 g/mol. The number of hydrogen-bond donors (Lipinski definition) is 1. The van der Waals surface area contributed by atoms with Crippen LogP contribution in [0.25, 0.3) is 22.9 Å². The van der Waals surface area contributed by atoms with Crippen molar-refractivity contribution in [2.45, 2.75) is 11.3 Å². The van der Waals surface area contributed by atoms with Gasteiger partial charge in [0, 0.05) is 17.1 Å². The van der Waals surface area contributed by atoms with Gasteiger partial charge in [0.05, 0.1) is 10.6 Å². The number of nitrogens with zero attached hydrogens (tertiary/aromatic N) is 1. The van der Waals surface area contributed by atoms with E-state index in [1.54, 1.807) is 29.2 Å². The number of amides is 1. The lowest BCUT2D eigenvalue weighted by atomic mass is 10.0. The van der Waals surface area contributed by atoms with Gasteiger partial charge in [0.1, 0.15) is 0 Å². The van der Waals surface area contributed by atoms with Crippen molar-refractivity contribution in [3.8, 4) is 11.1 Å². The van der Waals surface area contributed by atoms with Crippen LogP contribution in [0.3, 0.4) is 0 Å². The van der Waals surface area contributed by atoms with E-state index in [4.69, 9.17) is 16.7 Å². The zero-order valence-corrected chi connectivity index (χ0v) is 22.0. The quantitative estimate of drug-likeness (QED) is 0.285. The van der Waals surface area contributed by atoms with E-state index in [-0.39, 0.29) is 10.8 Å². The third-order valence-corrected chi connectivity index (χ3v) is 7.61. The molecule has 0 spiro atoms. The smallest absolute Gasteiger partial charge is 0.258 e. The lowest BCUT2D eigenvalue weighted by Crippen LogP contribution is -2.27. The van der Waals surface area contributed by atoms with Crippen LogP contribution >= 0.6 is 11.6 Å². The molecule has 0 atom stereocenters. The predicted octanol–water partition coefficient (Wildman–Crippen LogP) is 6.16. The van der Waals surface area contributed by atoms with Gasteiger partial charge in [-0.15, -0.1) is 0 Å². The highest BCUT2D eigenvalue weighted by Gasteiger charge is 2.28. The minimum absolute atomic E-state index is 0.0609. The van der Waals surface area contributed by atoms with Gasteiger partial charge >= 0.3 is 0 Å². The molecule has 0 unspecified atom stereocenters. The number of carbonyl (C=O) groups is 1. The first-order chi connectivity index (χ1) is 18.3. The summed E-state index contributed by atoms with van der Waals surface area (Å²) in [6.07, 6.45) is 4.32. The van der Waals surface area contributed by atoms with Crippen LogP contribution in [0.2, 0.25) is 5.02 Å². The van der Waals surface area contributed by atoms with Gasteiger partial charge in [-0.25, -0.2) is 13.6 Å². The summed E-state index contributed by atoms with van der Waals surface area (Å²) >= 11 is 6.03. The number of sulfonamides is 1. The summed E-state index contributed by atoms with van der Waals surface area (Å²) < 4.78 is 23.2. The van der Waals surface area contributed by atoms with Crippen LogP contribution in [-0.4, -0.2) is 25.8 Å². The Bertz CT molecular complexity index is 1630. The molecule has 4 aromatic carbocycles. The molecular formula is C31H25ClN2O3S. The van der Waals surface area contributed by atoms with E-state index < -0.39 is 10.0 Å². The molecular weight excluding hydrogens is 516 g/mol. The predicted molar refractivity (Wildman–Crippen MR) is 153 cm³/mol. The molecule has 0 radical (unpaired) electrons. The van der Waals surface area contributed by atoms with Gasteiger partial charge in [-0.3, -0.25) is 4.79 Å². The van der Waals surface area contributed by atoms with Gasteiger partial charge in [-0.1, -0.05) is 90.5 Å². The number of primary sulfonamides is 1. The maximum absolute atomic E-state index is 13.5. The minimum atomic E-state index is -3.76. The zero-order valence-electron chi connectivity index (χ0n) is 20.4. The second kappa shape index (κ2) is 10.8. The largest absolute Gasteiger partial charge is 0.307 e. The topological polar surface area (TPSA) is 80.5 Å². The molecule has 7 heteroatoms. The lowest BCUT2D eigenvalue weighted by molar-refractivity contribution is -0.122. The lowest BCUT2D eigenvalue weighted by Gasteiger charge is -2.21. The molecule has 0 saturated carbocycles. The number of hydrogen-bond acceptors (Lipinski definition) is 3. The van der Waals surface area contributed by atoms with Gasteiger partial charge in [0.2, 0.25) is 10.0 Å². The second-order valence-corrected chi connectivity index (χ2v) is 11.0. The Morgan fingerprint density at radius 1 is 0.763 bits per heavy atom. The standard InChI is InChI=1S/C31H25ClN2O3S/c32-28-14-6-23(7-15-28)20-27-21-30(26-12-10-25(11-13-26)24-4-2-1-3-5-24)34(31(27)35)19-18-22-8-16-29(17-9-22)38(33,36)37/h1-17,20-21H,18-19H2,(H2,33,36,37)/b27-20-. The summed E-state index contributed by atoms with van der Waals surface area (Å²) in [6, 6.07) is 32.1. The fraction of sp³-hybridized carbons (Fsp3) is 0.0645. The number of carbonyl (C=O) groups excluding carboxylic acids is 1. The van der Waals surface area contributed by atoms with Crippen molar-refractivity contribution in [2.24, 2.45) is 5.14 Å². The van der Waals surface area contributed by atoms with Crippen LogP contribution in [0.15, 0.2) is 120 Å². The SMILES string of the molecule is NS(=O)(=O)c1ccc(CCN2C(=O)/C(=C\c3ccc(Cl)cc3)C=C2c2ccc(-c3ccccc3)cc2)cc1. The summed E-state index contributed by atoms with van der Waals surface area (Å²) in [5, 5.41) is 5.85. The third-order valence-electron chi connectivity index (χ3n) is 6.43. The molecule has 4 aromatic rings. The van der Waals surface area contributed by atoms with Gasteiger partial charge in [-0.2, -0.15) is 0 Å². The second-order valence-electron chi connectivity index (χ2n) is 9.02. The molecule has 1 aliphatic heterocycles. The summed E-state index contributed by atoms with van der Waals surface area (Å²) in [5.41, 5.74) is 6.33. The molecule has 1 aliphatic rings. The fourth-order valence-corrected chi connectivity index (χ4v) is 5.05. The summed E-state index contributed by atoms with van der Waals surface area (Å²) in [4.78, 5) is 15.4. The van der Waals surface area contributed by atoms with Gasteiger partial charge in [0.25, 0.3) is 5.91 Å². The Morgan fingerprint density at radius 3 is 2.00 bits per heavy atom. The van der Waals surface area contributed by atoms with Crippen molar-refractivity contribution in [3.63, 3.8) is 0 Å². The zero-order chi connectivity index (χ0) is 26.7. The van der Waals surface area contributed by atoms with Gasteiger partial charge < -0.3 is 4.90 Å². The van der Waals surface area contributed by atoms with Crippen molar-refractivity contribution in [1.82, 2.24) is 4.90 Å².